The molecular weight excluding hydrogens is 319 g/mol. The van der Waals surface area contributed by atoms with Gasteiger partial charge in [-0.2, -0.15) is 0 Å². The summed E-state index contributed by atoms with van der Waals surface area (Å²) in [7, 11) is 0. The normalized spacial score (nSPS) is 13.4. The number of hydrogen-bond donors (Lipinski definition) is 3. The molecule has 23 heavy (non-hydrogen) atoms. The number of halogens is 1. The predicted molar refractivity (Wildman–Crippen MR) is 86.2 cm³/mol. The minimum Gasteiger partial charge on any atom is -0.330 e. The van der Waals surface area contributed by atoms with Crippen LogP contribution in [-0.4, -0.2) is 23.3 Å². The van der Waals surface area contributed by atoms with Gasteiger partial charge in [0.25, 0.3) is 5.91 Å². The maximum absolute atomic E-state index is 14.1. The smallest absolute Gasteiger partial charge is 0.275 e. The number of nitrogens with one attached hydrogen (secondary N) is 2. The fourth-order valence-corrected chi connectivity index (χ4v) is 3.13. The third-order valence-corrected chi connectivity index (χ3v) is 4.39. The minimum absolute atomic E-state index is 0.0179. The van der Waals surface area contributed by atoms with Crippen molar-refractivity contribution in [2.24, 2.45) is 5.73 Å². The Morgan fingerprint density at radius 1 is 1.43 bits per heavy atom. The van der Waals surface area contributed by atoms with Gasteiger partial charge in [-0.15, -0.1) is 11.3 Å². The monoisotopic (exact) mass is 334 g/mol. The van der Waals surface area contributed by atoms with Gasteiger partial charge in [0.2, 0.25) is 5.91 Å². The zero-order valence-electron chi connectivity index (χ0n) is 12.2. The van der Waals surface area contributed by atoms with Crippen molar-refractivity contribution in [3.63, 3.8) is 0 Å². The lowest BCUT2D eigenvalue weighted by atomic mass is 10.0. The van der Waals surface area contributed by atoms with Crippen molar-refractivity contribution in [3.8, 4) is 0 Å². The van der Waals surface area contributed by atoms with Gasteiger partial charge in [0, 0.05) is 23.9 Å². The van der Waals surface area contributed by atoms with Gasteiger partial charge in [-0.1, -0.05) is 0 Å². The Bertz CT molecular complexity index is 775. The molecule has 2 aromatic rings. The number of rotatable bonds is 4. The van der Waals surface area contributed by atoms with Crippen molar-refractivity contribution >= 4 is 34.5 Å². The summed E-state index contributed by atoms with van der Waals surface area (Å²) in [6.45, 7) is 0.452. The van der Waals surface area contributed by atoms with Gasteiger partial charge < -0.3 is 16.4 Å². The number of carbonyl (C=O) groups is 2. The standard InChI is InChI=1S/C15H15FN4O2S/c16-9-5-8-1-2-13(21)18-10(8)6-11(9)20-15(22)12-7-23-14(19-12)3-4-17/h5-7H,1-4,17H2,(H,18,21)(H,20,22). The van der Waals surface area contributed by atoms with Crippen LogP contribution in [0.5, 0.6) is 0 Å². The van der Waals surface area contributed by atoms with Crippen LogP contribution in [0.2, 0.25) is 0 Å². The van der Waals surface area contributed by atoms with Gasteiger partial charge in [0.15, 0.2) is 0 Å². The summed E-state index contributed by atoms with van der Waals surface area (Å²) in [6.07, 6.45) is 1.42. The third-order valence-electron chi connectivity index (χ3n) is 3.48. The molecule has 0 saturated heterocycles. The zero-order valence-corrected chi connectivity index (χ0v) is 13.0. The predicted octanol–water partition coefficient (Wildman–Crippen LogP) is 1.92. The van der Waals surface area contributed by atoms with Gasteiger partial charge in [0.1, 0.15) is 11.5 Å². The Morgan fingerprint density at radius 3 is 3.04 bits per heavy atom. The van der Waals surface area contributed by atoms with Crippen LogP contribution in [0.15, 0.2) is 17.5 Å². The number of nitrogens with two attached hydrogens (primary N) is 1. The molecule has 1 aromatic carbocycles. The molecule has 0 fully saturated rings. The Labute approximate surface area is 135 Å². The molecule has 0 bridgehead atoms. The molecule has 0 atom stereocenters. The summed E-state index contributed by atoms with van der Waals surface area (Å²) in [5, 5.41) is 7.54. The van der Waals surface area contributed by atoms with Crippen molar-refractivity contribution in [1.29, 1.82) is 0 Å². The second kappa shape index (κ2) is 6.43. The molecule has 1 aromatic heterocycles. The lowest BCUT2D eigenvalue weighted by molar-refractivity contribution is -0.116. The quantitative estimate of drug-likeness (QED) is 0.796. The topological polar surface area (TPSA) is 97.1 Å². The summed E-state index contributed by atoms with van der Waals surface area (Å²) in [5.41, 5.74) is 6.94. The number of thiazole rings is 1. The molecular formula is C15H15FN4O2S. The first-order valence-corrected chi connectivity index (χ1v) is 8.03. The van der Waals surface area contributed by atoms with Crippen LogP contribution >= 0.6 is 11.3 Å². The van der Waals surface area contributed by atoms with E-state index < -0.39 is 11.7 Å². The molecule has 0 aliphatic carbocycles. The Morgan fingerprint density at radius 2 is 2.26 bits per heavy atom. The third kappa shape index (κ3) is 3.38. The average Bonchev–Trinajstić information content (AvgIpc) is 2.97. The van der Waals surface area contributed by atoms with E-state index in [2.05, 4.69) is 15.6 Å². The highest BCUT2D eigenvalue weighted by Crippen LogP contribution is 2.29. The van der Waals surface area contributed by atoms with E-state index in [1.54, 1.807) is 5.38 Å². The minimum atomic E-state index is -0.536. The SMILES string of the molecule is NCCc1nc(C(=O)Nc2cc3c(cc2F)CCC(=O)N3)cs1. The fourth-order valence-electron chi connectivity index (χ4n) is 2.33. The lowest BCUT2D eigenvalue weighted by Gasteiger charge is -2.18. The highest BCUT2D eigenvalue weighted by atomic mass is 32.1. The summed E-state index contributed by atoms with van der Waals surface area (Å²) >= 11 is 1.34. The molecule has 0 saturated carbocycles. The van der Waals surface area contributed by atoms with E-state index in [1.165, 1.54) is 23.5 Å². The largest absolute Gasteiger partial charge is 0.330 e. The second-order valence-electron chi connectivity index (χ2n) is 5.16. The molecule has 0 spiro atoms. The lowest BCUT2D eigenvalue weighted by Crippen LogP contribution is -2.20. The average molecular weight is 334 g/mol. The van der Waals surface area contributed by atoms with Crippen LogP contribution in [0.1, 0.15) is 27.5 Å². The maximum Gasteiger partial charge on any atom is 0.275 e. The van der Waals surface area contributed by atoms with Crippen LogP contribution < -0.4 is 16.4 Å². The van der Waals surface area contributed by atoms with Gasteiger partial charge in [-0.3, -0.25) is 9.59 Å². The molecule has 120 valence electrons. The van der Waals surface area contributed by atoms with Gasteiger partial charge in [-0.05, 0) is 30.7 Å². The second-order valence-corrected chi connectivity index (χ2v) is 6.10. The number of aryl methyl sites for hydroxylation is 1. The number of anilines is 2. The van der Waals surface area contributed by atoms with Crippen molar-refractivity contribution < 1.29 is 14.0 Å². The number of aromatic nitrogens is 1. The Kier molecular flexibility index (Phi) is 4.35. The molecule has 0 unspecified atom stereocenters. The molecule has 4 N–H and O–H groups in total. The van der Waals surface area contributed by atoms with E-state index in [-0.39, 0.29) is 17.3 Å². The number of carbonyl (C=O) groups excluding carboxylic acids is 2. The van der Waals surface area contributed by atoms with Crippen molar-refractivity contribution in [2.45, 2.75) is 19.3 Å². The van der Waals surface area contributed by atoms with E-state index in [0.29, 0.717) is 31.5 Å². The van der Waals surface area contributed by atoms with E-state index in [1.807, 2.05) is 0 Å². The van der Waals surface area contributed by atoms with Crippen LogP contribution in [0, 0.1) is 5.82 Å². The summed E-state index contributed by atoms with van der Waals surface area (Å²) in [4.78, 5) is 27.7. The van der Waals surface area contributed by atoms with E-state index in [9.17, 15) is 14.0 Å². The van der Waals surface area contributed by atoms with E-state index in [4.69, 9.17) is 5.73 Å². The highest BCUT2D eigenvalue weighted by molar-refractivity contribution is 7.09. The Hall–Kier alpha value is -2.32. The molecule has 8 heteroatoms. The first-order valence-electron chi connectivity index (χ1n) is 7.15. The molecule has 1 aliphatic heterocycles. The molecule has 1 aliphatic rings. The number of hydrogen-bond acceptors (Lipinski definition) is 5. The number of benzene rings is 1. The molecule has 2 amide bonds. The van der Waals surface area contributed by atoms with Gasteiger partial charge >= 0.3 is 0 Å². The Balaban J connectivity index is 1.80. The number of amides is 2. The number of nitrogens with zero attached hydrogens (tertiary/aromatic N) is 1. The zero-order chi connectivity index (χ0) is 16.4. The summed E-state index contributed by atoms with van der Waals surface area (Å²) in [5.74, 6) is -1.15. The highest BCUT2D eigenvalue weighted by Gasteiger charge is 2.19. The number of fused-ring (bicyclic) bond motifs is 1. The van der Waals surface area contributed by atoms with Gasteiger partial charge in [-0.25, -0.2) is 9.37 Å². The first-order chi connectivity index (χ1) is 11.1. The van der Waals surface area contributed by atoms with Crippen LogP contribution in [-0.2, 0) is 17.6 Å². The van der Waals surface area contributed by atoms with E-state index in [0.717, 1.165) is 10.6 Å². The summed E-state index contributed by atoms with van der Waals surface area (Å²) < 4.78 is 14.1. The molecule has 2 heterocycles. The van der Waals surface area contributed by atoms with Crippen molar-refractivity contribution in [2.75, 3.05) is 17.2 Å². The van der Waals surface area contributed by atoms with Crippen molar-refractivity contribution in [1.82, 2.24) is 4.98 Å². The van der Waals surface area contributed by atoms with Crippen LogP contribution in [0.4, 0.5) is 15.8 Å². The maximum atomic E-state index is 14.1. The fraction of sp³-hybridized carbons (Fsp3) is 0.267. The van der Waals surface area contributed by atoms with Crippen LogP contribution in [0.25, 0.3) is 0 Å². The van der Waals surface area contributed by atoms with Crippen LogP contribution in [0.3, 0.4) is 0 Å². The molecule has 3 rings (SSSR count). The van der Waals surface area contributed by atoms with Crippen molar-refractivity contribution in [3.05, 3.63) is 39.6 Å². The molecule has 6 nitrogen and oxygen atoms in total. The van der Waals surface area contributed by atoms with Gasteiger partial charge in [0.05, 0.1) is 10.7 Å². The first kappa shape index (κ1) is 15.6. The molecule has 0 radical (unpaired) electrons. The van der Waals surface area contributed by atoms with E-state index >= 15 is 0 Å². The summed E-state index contributed by atoms with van der Waals surface area (Å²) in [6, 6.07) is 2.78.